The molecule has 3 aliphatic heterocycles. The highest BCUT2D eigenvalue weighted by atomic mass is 32.4. The lowest BCUT2D eigenvalue weighted by molar-refractivity contribution is 0.279. The van der Waals surface area contributed by atoms with Crippen LogP contribution in [0.5, 0.6) is 0 Å². The molecule has 5 rings (SSSR count). The van der Waals surface area contributed by atoms with Crippen molar-refractivity contribution < 1.29 is 4.74 Å². The van der Waals surface area contributed by atoms with Crippen LogP contribution in [-0.2, 0) is 22.0 Å². The predicted molar refractivity (Wildman–Crippen MR) is 150 cm³/mol. The van der Waals surface area contributed by atoms with Crippen LogP contribution >= 0.6 is 6.04 Å². The van der Waals surface area contributed by atoms with Gasteiger partial charge < -0.3 is 4.74 Å². The van der Waals surface area contributed by atoms with Gasteiger partial charge in [-0.25, -0.2) is 4.99 Å². The lowest BCUT2D eigenvalue weighted by atomic mass is 9.68. The van der Waals surface area contributed by atoms with Gasteiger partial charge in [-0.3, -0.25) is 0 Å². The molecule has 180 valence electrons. The largest absolute Gasteiger partial charge is 0.478 e. The second-order valence-corrected chi connectivity index (χ2v) is 17.0. The summed E-state index contributed by atoms with van der Waals surface area (Å²) in [7, 11) is 0. The Morgan fingerprint density at radius 1 is 1.06 bits per heavy atom. The molecule has 0 amide bonds. The number of aliphatic imine (C=N–C) groups is 1. The van der Waals surface area contributed by atoms with Crippen LogP contribution in [0.4, 0.5) is 0 Å². The first-order valence-corrected chi connectivity index (χ1v) is 15.7. The standard InChI is InChI=1S/C30H38NOPS/c1-19(2)24-17-32-28(31-24)27-25(21-11-9-8-10-12-21)30(7)18-33(27,34)26(20(30)3)22-13-15-23(16-14-22)29(4,5)6/h8-16,19,24-25,27H,17-18H2,1-7H3/t24-,25+,27+,30+,33-/m1/s1. The molecule has 4 heteroatoms. The van der Waals surface area contributed by atoms with Crippen LogP contribution in [0.25, 0.3) is 5.31 Å². The molecule has 34 heavy (non-hydrogen) atoms. The molecule has 2 aromatic carbocycles. The molecule has 3 heterocycles. The molecule has 2 nitrogen and oxygen atoms in total. The minimum absolute atomic E-state index is 0.0291. The Kier molecular flexibility index (Phi) is 5.77. The van der Waals surface area contributed by atoms with Crippen molar-refractivity contribution in [1.29, 1.82) is 0 Å². The summed E-state index contributed by atoms with van der Waals surface area (Å²) in [6, 6.07) is 18.5. The third-order valence-corrected chi connectivity index (χ3v) is 14.0. The highest BCUT2D eigenvalue weighted by Crippen LogP contribution is 2.83. The fourth-order valence-electron chi connectivity index (χ4n) is 6.40. The number of hydrogen-bond donors (Lipinski definition) is 0. The van der Waals surface area contributed by atoms with E-state index in [4.69, 9.17) is 21.5 Å². The Morgan fingerprint density at radius 3 is 2.26 bits per heavy atom. The summed E-state index contributed by atoms with van der Waals surface area (Å²) in [5.74, 6) is 1.74. The van der Waals surface area contributed by atoms with Crippen molar-refractivity contribution in [2.45, 2.75) is 71.5 Å². The summed E-state index contributed by atoms with van der Waals surface area (Å²) in [5.41, 5.74) is 5.89. The van der Waals surface area contributed by atoms with E-state index in [0.29, 0.717) is 18.4 Å². The van der Waals surface area contributed by atoms with Gasteiger partial charge in [0.2, 0.25) is 0 Å². The second-order valence-electron chi connectivity index (χ2n) is 12.1. The van der Waals surface area contributed by atoms with E-state index < -0.39 is 6.04 Å². The molecule has 0 aliphatic carbocycles. The van der Waals surface area contributed by atoms with E-state index in [9.17, 15) is 0 Å². The normalized spacial score (nSPS) is 32.9. The molecule has 2 bridgehead atoms. The van der Waals surface area contributed by atoms with Crippen molar-refractivity contribution in [3.63, 3.8) is 0 Å². The average Bonchev–Trinajstić information content (AvgIpc) is 3.41. The van der Waals surface area contributed by atoms with Gasteiger partial charge in [0.1, 0.15) is 6.61 Å². The number of allylic oxidation sites excluding steroid dienone is 1. The number of ether oxygens (including phenoxy) is 1. The SMILES string of the molecule is CC1=C(c2ccc(C(C)(C)C)cc2)[P@]2(=S)C[C@]1(C)[C@@H](c1ccccc1)[C@H]2C1=N[C@@H](C(C)C)CO1. The molecule has 0 N–H and O–H groups in total. The van der Waals surface area contributed by atoms with Crippen molar-refractivity contribution in [3.05, 3.63) is 76.9 Å². The van der Waals surface area contributed by atoms with Crippen molar-refractivity contribution in [1.82, 2.24) is 0 Å². The summed E-state index contributed by atoms with van der Waals surface area (Å²) in [5, 5.41) is 1.45. The first-order valence-electron chi connectivity index (χ1n) is 12.6. The van der Waals surface area contributed by atoms with E-state index in [1.54, 1.807) is 0 Å². The van der Waals surface area contributed by atoms with Gasteiger partial charge in [0.05, 0.1) is 11.7 Å². The number of nitrogens with zero attached hydrogens (tertiary/aromatic N) is 1. The van der Waals surface area contributed by atoms with E-state index in [-0.39, 0.29) is 22.5 Å². The fourth-order valence-corrected chi connectivity index (χ4v) is 13.5. The van der Waals surface area contributed by atoms with Gasteiger partial charge in [-0.15, -0.1) is 0 Å². The van der Waals surface area contributed by atoms with Gasteiger partial charge in [-0.05, 0) is 52.5 Å². The number of fused-ring (bicyclic) bond motifs is 2. The van der Waals surface area contributed by atoms with E-state index >= 15 is 0 Å². The molecule has 0 unspecified atom stereocenters. The Balaban J connectivity index is 1.67. The number of rotatable bonds is 4. The molecule has 0 spiro atoms. The average molecular weight is 492 g/mol. The minimum atomic E-state index is -1.97. The summed E-state index contributed by atoms with van der Waals surface area (Å²) < 4.78 is 6.40. The zero-order valence-corrected chi connectivity index (χ0v) is 23.3. The molecule has 1 fully saturated rings. The van der Waals surface area contributed by atoms with Crippen LogP contribution in [0.3, 0.4) is 0 Å². The topological polar surface area (TPSA) is 21.6 Å². The van der Waals surface area contributed by atoms with E-state index in [1.807, 2.05) is 0 Å². The smallest absolute Gasteiger partial charge is 0.193 e. The third kappa shape index (κ3) is 3.58. The zero-order chi connectivity index (χ0) is 24.5. The molecule has 1 saturated heterocycles. The van der Waals surface area contributed by atoms with E-state index in [2.05, 4.69) is 103 Å². The van der Waals surface area contributed by atoms with E-state index in [0.717, 1.165) is 12.1 Å². The first-order chi connectivity index (χ1) is 16.0. The second kappa shape index (κ2) is 8.17. The van der Waals surface area contributed by atoms with Crippen LogP contribution in [0.2, 0.25) is 0 Å². The maximum Gasteiger partial charge on any atom is 0.193 e. The van der Waals surface area contributed by atoms with Gasteiger partial charge in [-0.1, -0.05) is 114 Å². The van der Waals surface area contributed by atoms with Gasteiger partial charge in [0.25, 0.3) is 0 Å². The maximum atomic E-state index is 6.80. The molecule has 0 radical (unpaired) electrons. The monoisotopic (exact) mass is 491 g/mol. The van der Waals surface area contributed by atoms with Crippen molar-refractivity contribution in [2.24, 2.45) is 16.3 Å². The van der Waals surface area contributed by atoms with Crippen molar-refractivity contribution >= 4 is 29.1 Å². The highest BCUT2D eigenvalue weighted by molar-refractivity contribution is 8.20. The molecular formula is C30H38NOPS. The van der Waals surface area contributed by atoms with Crippen LogP contribution in [0, 0.1) is 11.3 Å². The first kappa shape index (κ1) is 24.0. The lowest BCUT2D eigenvalue weighted by Gasteiger charge is -2.40. The van der Waals surface area contributed by atoms with Gasteiger partial charge in [0.15, 0.2) is 5.90 Å². The molecule has 2 aromatic rings. The van der Waals surface area contributed by atoms with Crippen LogP contribution < -0.4 is 0 Å². The summed E-state index contributed by atoms with van der Waals surface area (Å²) in [4.78, 5) is 5.17. The lowest BCUT2D eigenvalue weighted by Crippen LogP contribution is -2.35. The van der Waals surface area contributed by atoms with Crippen molar-refractivity contribution in [3.8, 4) is 0 Å². The minimum Gasteiger partial charge on any atom is -0.478 e. The van der Waals surface area contributed by atoms with Crippen LogP contribution in [0.15, 0.2) is 65.2 Å². The van der Waals surface area contributed by atoms with Crippen LogP contribution in [-0.4, -0.2) is 30.4 Å². The number of benzene rings is 2. The zero-order valence-electron chi connectivity index (χ0n) is 21.6. The fraction of sp³-hybridized carbons (Fsp3) is 0.500. The molecule has 0 saturated carbocycles. The summed E-state index contributed by atoms with van der Waals surface area (Å²) >= 11 is 6.80. The highest BCUT2D eigenvalue weighted by Gasteiger charge is 2.64. The van der Waals surface area contributed by atoms with E-state index in [1.165, 1.54) is 27.6 Å². The summed E-state index contributed by atoms with van der Waals surface area (Å²) in [6.07, 6.45) is 1.07. The van der Waals surface area contributed by atoms with Crippen molar-refractivity contribution in [2.75, 3.05) is 12.8 Å². The molecular weight excluding hydrogens is 453 g/mol. The van der Waals surface area contributed by atoms with Gasteiger partial charge in [-0.2, -0.15) is 0 Å². The maximum absolute atomic E-state index is 6.80. The number of hydrogen-bond acceptors (Lipinski definition) is 3. The van der Waals surface area contributed by atoms with Crippen LogP contribution in [0.1, 0.15) is 71.1 Å². The Morgan fingerprint density at radius 2 is 1.71 bits per heavy atom. The predicted octanol–water partition coefficient (Wildman–Crippen LogP) is 7.83. The Hall–Kier alpha value is -1.70. The summed E-state index contributed by atoms with van der Waals surface area (Å²) in [6.45, 7) is 16.8. The van der Waals surface area contributed by atoms with Gasteiger partial charge >= 0.3 is 0 Å². The molecule has 0 aromatic heterocycles. The molecule has 5 atom stereocenters. The molecule has 3 aliphatic rings. The third-order valence-electron chi connectivity index (χ3n) is 8.51. The quantitative estimate of drug-likeness (QED) is 0.406. The Labute approximate surface area is 210 Å². The van der Waals surface area contributed by atoms with Gasteiger partial charge in [0, 0.05) is 11.3 Å². The Bertz CT molecular complexity index is 1200.